The zero-order valence-corrected chi connectivity index (χ0v) is 11.8. The summed E-state index contributed by atoms with van der Waals surface area (Å²) in [5.41, 5.74) is 6.64. The van der Waals surface area contributed by atoms with Gasteiger partial charge < -0.3 is 11.1 Å². The minimum absolute atomic E-state index is 0.00733. The zero-order valence-electron chi connectivity index (χ0n) is 11.0. The van der Waals surface area contributed by atoms with E-state index in [4.69, 9.17) is 5.73 Å². The van der Waals surface area contributed by atoms with Gasteiger partial charge in [-0.1, -0.05) is 0 Å². The molecule has 0 aromatic heterocycles. The van der Waals surface area contributed by atoms with E-state index in [1.54, 1.807) is 24.3 Å². The quantitative estimate of drug-likeness (QED) is 0.729. The van der Waals surface area contributed by atoms with Gasteiger partial charge in [-0.05, 0) is 37.6 Å². The number of nitrogens with two attached hydrogens (primary N) is 1. The number of sulfonamides is 1. The minimum atomic E-state index is -3.28. The lowest BCUT2D eigenvalue weighted by Crippen LogP contribution is -2.19. The fourth-order valence-corrected chi connectivity index (χ4v) is 1.98. The van der Waals surface area contributed by atoms with Gasteiger partial charge in [0.15, 0.2) is 0 Å². The third-order valence-corrected chi connectivity index (χ3v) is 2.91. The highest BCUT2D eigenvalue weighted by Gasteiger charge is 2.05. The molecule has 0 saturated heterocycles. The van der Waals surface area contributed by atoms with Gasteiger partial charge in [-0.15, -0.1) is 0 Å². The van der Waals surface area contributed by atoms with Crippen molar-refractivity contribution < 1.29 is 13.2 Å². The summed E-state index contributed by atoms with van der Waals surface area (Å²) in [7, 11) is -3.28. The molecule has 6 nitrogen and oxygen atoms in total. The highest BCUT2D eigenvalue weighted by atomic mass is 32.2. The number of nitrogens with one attached hydrogen (secondary N) is 2. The maximum absolute atomic E-state index is 11.6. The molecule has 0 fully saturated rings. The fourth-order valence-electron chi connectivity index (χ4n) is 1.42. The molecule has 1 rings (SSSR count). The van der Waals surface area contributed by atoms with Crippen LogP contribution in [0.15, 0.2) is 24.3 Å². The second kappa shape index (κ2) is 6.53. The van der Waals surface area contributed by atoms with Gasteiger partial charge in [0.05, 0.1) is 6.26 Å². The molecule has 7 heteroatoms. The largest absolute Gasteiger partial charge is 0.328 e. The van der Waals surface area contributed by atoms with E-state index >= 15 is 0 Å². The molecule has 19 heavy (non-hydrogen) atoms. The van der Waals surface area contributed by atoms with Crippen LogP contribution in [-0.4, -0.2) is 26.6 Å². The zero-order chi connectivity index (χ0) is 14.5. The Kier molecular flexibility index (Phi) is 5.31. The van der Waals surface area contributed by atoms with Gasteiger partial charge in [-0.2, -0.15) is 0 Å². The molecule has 1 atom stereocenters. The first-order valence-electron chi connectivity index (χ1n) is 5.89. The summed E-state index contributed by atoms with van der Waals surface area (Å²) in [5.74, 6) is -0.110. The minimum Gasteiger partial charge on any atom is -0.328 e. The molecule has 0 spiro atoms. The number of benzene rings is 1. The van der Waals surface area contributed by atoms with E-state index < -0.39 is 10.0 Å². The first kappa shape index (κ1) is 15.5. The van der Waals surface area contributed by atoms with Gasteiger partial charge in [0.2, 0.25) is 15.9 Å². The predicted octanol–water partition coefficient (Wildman–Crippen LogP) is 1.12. The van der Waals surface area contributed by atoms with E-state index in [-0.39, 0.29) is 11.9 Å². The lowest BCUT2D eigenvalue weighted by Gasteiger charge is -2.08. The molecule has 1 unspecified atom stereocenters. The van der Waals surface area contributed by atoms with Crippen molar-refractivity contribution in [2.45, 2.75) is 25.8 Å². The van der Waals surface area contributed by atoms with Crippen LogP contribution in [0.1, 0.15) is 19.8 Å². The van der Waals surface area contributed by atoms with Gasteiger partial charge in [0.25, 0.3) is 0 Å². The molecule has 1 aromatic carbocycles. The lowest BCUT2D eigenvalue weighted by molar-refractivity contribution is -0.116. The number of carbonyl (C=O) groups is 1. The highest BCUT2D eigenvalue weighted by molar-refractivity contribution is 7.92. The van der Waals surface area contributed by atoms with Crippen LogP contribution in [0.3, 0.4) is 0 Å². The number of anilines is 2. The average Bonchev–Trinajstić information content (AvgIpc) is 2.27. The fraction of sp³-hybridized carbons (Fsp3) is 0.417. The Labute approximate surface area is 113 Å². The summed E-state index contributed by atoms with van der Waals surface area (Å²) in [4.78, 5) is 11.6. The van der Waals surface area contributed by atoms with Crippen LogP contribution < -0.4 is 15.8 Å². The molecule has 0 aliphatic carbocycles. The van der Waals surface area contributed by atoms with Crippen LogP contribution in [0, 0.1) is 0 Å². The third kappa shape index (κ3) is 6.78. The van der Waals surface area contributed by atoms with Crippen LogP contribution in [0.2, 0.25) is 0 Å². The maximum Gasteiger partial charge on any atom is 0.229 e. The van der Waals surface area contributed by atoms with Crippen molar-refractivity contribution >= 4 is 27.3 Å². The topological polar surface area (TPSA) is 101 Å². The van der Waals surface area contributed by atoms with E-state index in [1.807, 2.05) is 6.92 Å². The van der Waals surface area contributed by atoms with Crippen molar-refractivity contribution in [2.75, 3.05) is 16.3 Å². The van der Waals surface area contributed by atoms with E-state index in [2.05, 4.69) is 10.0 Å². The molecule has 0 aliphatic heterocycles. The van der Waals surface area contributed by atoms with Crippen molar-refractivity contribution in [1.82, 2.24) is 0 Å². The Balaban J connectivity index is 2.55. The second-order valence-corrected chi connectivity index (χ2v) is 6.26. The van der Waals surface area contributed by atoms with E-state index in [9.17, 15) is 13.2 Å². The van der Waals surface area contributed by atoms with E-state index in [1.165, 1.54) is 0 Å². The Hall–Kier alpha value is -1.60. The van der Waals surface area contributed by atoms with Crippen LogP contribution in [0.25, 0.3) is 0 Å². The number of carbonyl (C=O) groups excluding carboxylic acids is 1. The van der Waals surface area contributed by atoms with Crippen LogP contribution in [0.5, 0.6) is 0 Å². The number of hydrogen-bond donors (Lipinski definition) is 3. The summed E-state index contributed by atoms with van der Waals surface area (Å²) < 4.78 is 24.4. The second-order valence-electron chi connectivity index (χ2n) is 4.52. The normalized spacial score (nSPS) is 12.8. The summed E-state index contributed by atoms with van der Waals surface area (Å²) in [6, 6.07) is 6.44. The van der Waals surface area contributed by atoms with Crippen LogP contribution >= 0.6 is 0 Å². The summed E-state index contributed by atoms with van der Waals surface area (Å²) in [6.45, 7) is 1.85. The maximum atomic E-state index is 11.6. The Morgan fingerprint density at radius 2 is 1.79 bits per heavy atom. The van der Waals surface area contributed by atoms with E-state index in [0.717, 1.165) is 6.26 Å². The van der Waals surface area contributed by atoms with Crippen LogP contribution in [-0.2, 0) is 14.8 Å². The van der Waals surface area contributed by atoms with Crippen molar-refractivity contribution in [3.63, 3.8) is 0 Å². The Morgan fingerprint density at radius 1 is 1.26 bits per heavy atom. The Morgan fingerprint density at radius 3 is 2.26 bits per heavy atom. The number of hydrogen-bond acceptors (Lipinski definition) is 4. The molecule has 0 saturated carbocycles. The molecule has 0 heterocycles. The SMILES string of the molecule is CC(N)CCC(=O)Nc1ccc(NS(C)(=O)=O)cc1. The monoisotopic (exact) mass is 285 g/mol. The lowest BCUT2D eigenvalue weighted by atomic mass is 10.2. The summed E-state index contributed by atoms with van der Waals surface area (Å²) in [5, 5.41) is 2.72. The highest BCUT2D eigenvalue weighted by Crippen LogP contribution is 2.14. The molecule has 4 N–H and O–H groups in total. The van der Waals surface area contributed by atoms with Gasteiger partial charge in [0, 0.05) is 23.8 Å². The molecule has 0 radical (unpaired) electrons. The molecule has 1 aromatic rings. The molecular weight excluding hydrogens is 266 g/mol. The van der Waals surface area contributed by atoms with Gasteiger partial charge in [-0.25, -0.2) is 8.42 Å². The number of amides is 1. The van der Waals surface area contributed by atoms with Crippen molar-refractivity contribution in [2.24, 2.45) is 5.73 Å². The molecule has 0 aliphatic rings. The smallest absolute Gasteiger partial charge is 0.229 e. The summed E-state index contributed by atoms with van der Waals surface area (Å²) >= 11 is 0. The Bertz CT molecular complexity index is 524. The standard InChI is InChI=1S/C12H19N3O3S/c1-9(13)3-8-12(16)14-10-4-6-11(7-5-10)15-19(2,17)18/h4-7,9,15H,3,8,13H2,1-2H3,(H,14,16). The van der Waals surface area contributed by atoms with Crippen LogP contribution in [0.4, 0.5) is 11.4 Å². The van der Waals surface area contributed by atoms with Gasteiger partial charge >= 0.3 is 0 Å². The van der Waals surface area contributed by atoms with E-state index in [0.29, 0.717) is 24.2 Å². The first-order valence-corrected chi connectivity index (χ1v) is 7.79. The molecule has 106 valence electrons. The molecular formula is C12H19N3O3S. The van der Waals surface area contributed by atoms with Crippen molar-refractivity contribution in [3.05, 3.63) is 24.3 Å². The predicted molar refractivity (Wildman–Crippen MR) is 76.4 cm³/mol. The van der Waals surface area contributed by atoms with Gasteiger partial charge in [0.1, 0.15) is 0 Å². The number of rotatable bonds is 6. The summed E-state index contributed by atoms with van der Waals surface area (Å²) in [6.07, 6.45) is 2.07. The molecule has 0 bridgehead atoms. The third-order valence-electron chi connectivity index (χ3n) is 2.30. The van der Waals surface area contributed by atoms with Crippen molar-refractivity contribution in [1.29, 1.82) is 0 Å². The molecule has 1 amide bonds. The average molecular weight is 285 g/mol. The van der Waals surface area contributed by atoms with Gasteiger partial charge in [-0.3, -0.25) is 9.52 Å². The van der Waals surface area contributed by atoms with Crippen molar-refractivity contribution in [3.8, 4) is 0 Å². The first-order chi connectivity index (χ1) is 8.76.